The minimum atomic E-state index is -0.510. The molecule has 0 amide bonds. The number of rotatable bonds is 4. The van der Waals surface area contributed by atoms with Crippen molar-refractivity contribution in [2.75, 3.05) is 0 Å². The Balaban J connectivity index is 1.96. The van der Waals surface area contributed by atoms with Gasteiger partial charge in [0.2, 0.25) is 0 Å². The standard InChI is InChI=1S/C11H8N6O3S/c1-3-8-7(6-19-10-12-4-5-21-10)9(20-13-8)17-11(18)16(2)14-15-17/h1,4-5H,6H2,2H3/i4T. The van der Waals surface area contributed by atoms with Crippen molar-refractivity contribution in [3.05, 3.63) is 33.3 Å². The van der Waals surface area contributed by atoms with Crippen molar-refractivity contribution in [1.29, 1.82) is 0 Å². The van der Waals surface area contributed by atoms with Crippen LogP contribution in [0, 0.1) is 12.3 Å². The molecular weight excluding hydrogens is 296 g/mol. The third kappa shape index (κ3) is 2.30. The summed E-state index contributed by atoms with van der Waals surface area (Å²) in [5.74, 6) is 2.38. The molecule has 3 aromatic heterocycles. The Hall–Kier alpha value is -2.93. The molecule has 0 aliphatic carbocycles. The molecule has 0 N–H and O–H groups in total. The molecule has 0 aromatic carbocycles. The van der Waals surface area contributed by atoms with Crippen LogP contribution < -0.4 is 10.4 Å². The van der Waals surface area contributed by atoms with Gasteiger partial charge in [-0.1, -0.05) is 16.5 Å². The van der Waals surface area contributed by atoms with E-state index in [0.717, 1.165) is 9.36 Å². The van der Waals surface area contributed by atoms with Crippen LogP contribution in [0.3, 0.4) is 0 Å². The van der Waals surface area contributed by atoms with Crippen LogP contribution >= 0.6 is 11.3 Å². The molecular formula is C11H8N6O3S. The first kappa shape index (κ1) is 11.9. The summed E-state index contributed by atoms with van der Waals surface area (Å²) in [6.45, 7) is -0.0334. The first-order chi connectivity index (χ1) is 10.6. The van der Waals surface area contributed by atoms with E-state index < -0.39 is 5.69 Å². The van der Waals surface area contributed by atoms with Gasteiger partial charge in [0, 0.05) is 18.6 Å². The third-order valence-electron chi connectivity index (χ3n) is 2.53. The molecule has 0 fully saturated rings. The van der Waals surface area contributed by atoms with Crippen molar-refractivity contribution in [3.8, 4) is 23.4 Å². The largest absolute Gasteiger partial charge is 0.465 e. The lowest BCUT2D eigenvalue weighted by Crippen LogP contribution is -2.22. The molecule has 0 saturated carbocycles. The Labute approximate surface area is 123 Å². The van der Waals surface area contributed by atoms with Gasteiger partial charge in [0.15, 0.2) is 5.69 Å². The number of tetrazole rings is 1. The second-order valence-electron chi connectivity index (χ2n) is 3.79. The molecule has 3 aromatic rings. The van der Waals surface area contributed by atoms with Crippen LogP contribution in [0.5, 0.6) is 5.19 Å². The predicted octanol–water partition coefficient (Wildman–Crippen LogP) is -0.0292. The molecule has 0 unspecified atom stereocenters. The molecule has 0 aliphatic rings. The quantitative estimate of drug-likeness (QED) is 0.624. The lowest BCUT2D eigenvalue weighted by Gasteiger charge is -2.01. The smallest absolute Gasteiger partial charge is 0.370 e. The first-order valence-electron chi connectivity index (χ1n) is 6.09. The molecule has 9 nitrogen and oxygen atoms in total. The zero-order valence-corrected chi connectivity index (χ0v) is 11.5. The average molecular weight is 306 g/mol. The van der Waals surface area contributed by atoms with E-state index in [1.54, 1.807) is 0 Å². The lowest BCUT2D eigenvalue weighted by atomic mass is 10.2. The molecule has 0 bridgehead atoms. The van der Waals surface area contributed by atoms with Crippen LogP contribution in [0.2, 0.25) is 0 Å². The Kier molecular flexibility index (Phi) is 2.95. The van der Waals surface area contributed by atoms with Gasteiger partial charge in [0.05, 0.1) is 6.93 Å². The summed E-state index contributed by atoms with van der Waals surface area (Å²) >= 11 is 1.17. The van der Waals surface area contributed by atoms with Gasteiger partial charge in [-0.3, -0.25) is 0 Å². The topological polar surface area (TPSA) is 101 Å². The van der Waals surface area contributed by atoms with Gasteiger partial charge in [-0.05, 0) is 16.3 Å². The highest BCUT2D eigenvalue weighted by atomic mass is 32.1. The fourth-order valence-electron chi connectivity index (χ4n) is 1.53. The molecule has 3 heterocycles. The molecule has 0 spiro atoms. The lowest BCUT2D eigenvalue weighted by molar-refractivity contribution is 0.300. The van der Waals surface area contributed by atoms with E-state index in [1.165, 1.54) is 23.8 Å². The van der Waals surface area contributed by atoms with Crippen molar-refractivity contribution in [2.24, 2.45) is 7.05 Å². The van der Waals surface area contributed by atoms with Gasteiger partial charge in [-0.2, -0.15) is 4.68 Å². The molecule has 106 valence electrons. The number of ether oxygens (including phenoxy) is 1. The summed E-state index contributed by atoms with van der Waals surface area (Å²) < 4.78 is 19.8. The third-order valence-corrected chi connectivity index (χ3v) is 3.16. The molecule has 10 heteroatoms. The van der Waals surface area contributed by atoms with E-state index >= 15 is 0 Å². The first-order valence-corrected chi connectivity index (χ1v) is 6.47. The van der Waals surface area contributed by atoms with Crippen molar-refractivity contribution >= 4 is 11.3 Å². The second kappa shape index (κ2) is 5.22. The maximum Gasteiger partial charge on any atom is 0.370 e. The van der Waals surface area contributed by atoms with Crippen molar-refractivity contribution in [3.63, 3.8) is 0 Å². The Morgan fingerprint density at radius 1 is 1.62 bits per heavy atom. The van der Waals surface area contributed by atoms with Gasteiger partial charge in [0.1, 0.15) is 6.61 Å². The minimum Gasteiger partial charge on any atom is -0.465 e. The van der Waals surface area contributed by atoms with Crippen LogP contribution in [-0.4, -0.2) is 29.9 Å². The van der Waals surface area contributed by atoms with Gasteiger partial charge < -0.3 is 9.26 Å². The Morgan fingerprint density at radius 3 is 3.10 bits per heavy atom. The van der Waals surface area contributed by atoms with E-state index in [0.29, 0.717) is 10.8 Å². The number of hydrogen-bond acceptors (Lipinski definition) is 8. The SMILES string of the molecule is [3H]c1csc(OCc2c(C#C)noc2-n2nnn(C)c2=O)n1. The minimum absolute atomic E-state index is 0.0334. The fraction of sp³-hybridized carbons (Fsp3) is 0.182. The molecule has 3 rings (SSSR count). The molecule has 21 heavy (non-hydrogen) atoms. The zero-order valence-electron chi connectivity index (χ0n) is 11.7. The number of aryl methyl sites for hydroxylation is 1. The summed E-state index contributed by atoms with van der Waals surface area (Å²) in [5, 5.41) is 12.8. The van der Waals surface area contributed by atoms with E-state index in [9.17, 15) is 4.79 Å². The maximum atomic E-state index is 11.9. The van der Waals surface area contributed by atoms with E-state index in [2.05, 4.69) is 26.5 Å². The normalized spacial score (nSPS) is 11.1. The van der Waals surface area contributed by atoms with E-state index in [4.69, 9.17) is 17.1 Å². The van der Waals surface area contributed by atoms with E-state index in [-0.39, 0.29) is 24.4 Å². The van der Waals surface area contributed by atoms with Gasteiger partial charge >= 0.3 is 5.69 Å². The molecule has 0 radical (unpaired) electrons. The molecule has 0 saturated heterocycles. The highest BCUT2D eigenvalue weighted by molar-refractivity contribution is 7.11. The van der Waals surface area contributed by atoms with Crippen molar-refractivity contribution in [1.82, 2.24) is 29.9 Å². The predicted molar refractivity (Wildman–Crippen MR) is 71.0 cm³/mol. The highest BCUT2D eigenvalue weighted by Crippen LogP contribution is 2.20. The zero-order chi connectivity index (χ0) is 15.7. The Morgan fingerprint density at radius 2 is 2.48 bits per heavy atom. The number of hydrogen-bond donors (Lipinski definition) is 0. The summed E-state index contributed by atoms with van der Waals surface area (Å²) in [6, 6.07) is 0. The van der Waals surface area contributed by atoms with Crippen molar-refractivity contribution in [2.45, 2.75) is 6.61 Å². The van der Waals surface area contributed by atoms with Gasteiger partial charge in [-0.25, -0.2) is 9.78 Å². The Bertz CT molecular complexity index is 917. The fourth-order valence-corrected chi connectivity index (χ4v) is 1.97. The second-order valence-corrected chi connectivity index (χ2v) is 4.61. The molecule has 0 aliphatic heterocycles. The van der Waals surface area contributed by atoms with Crippen LogP contribution in [0.4, 0.5) is 0 Å². The van der Waals surface area contributed by atoms with E-state index in [1.807, 2.05) is 0 Å². The highest BCUT2D eigenvalue weighted by Gasteiger charge is 2.21. The number of thiazole rings is 1. The van der Waals surface area contributed by atoms with Crippen LogP contribution in [0.1, 0.15) is 12.6 Å². The monoisotopic (exact) mass is 306 g/mol. The van der Waals surface area contributed by atoms with Crippen LogP contribution in [-0.2, 0) is 13.7 Å². The number of terminal acetylenes is 1. The maximum absolute atomic E-state index is 11.9. The van der Waals surface area contributed by atoms with Crippen LogP contribution in [0.15, 0.2) is 20.9 Å². The van der Waals surface area contributed by atoms with Crippen molar-refractivity contribution < 1.29 is 10.6 Å². The average Bonchev–Trinajstić information content (AvgIpc) is 3.18. The summed E-state index contributed by atoms with van der Waals surface area (Å²) in [7, 11) is 1.45. The van der Waals surface area contributed by atoms with Gasteiger partial charge in [-0.15, -0.1) is 11.1 Å². The summed E-state index contributed by atoms with van der Waals surface area (Å²) in [4.78, 5) is 15.7. The summed E-state index contributed by atoms with van der Waals surface area (Å²) in [5.41, 5.74) is 0.0469. The number of aromatic nitrogens is 6. The van der Waals surface area contributed by atoms with Gasteiger partial charge in [0.25, 0.3) is 11.1 Å². The molecule has 0 atom stereocenters. The van der Waals surface area contributed by atoms with Crippen LogP contribution in [0.25, 0.3) is 5.88 Å². The number of nitrogens with zero attached hydrogens (tertiary/aromatic N) is 6. The summed E-state index contributed by atoms with van der Waals surface area (Å²) in [6.07, 6.45) is 5.46.